The molecule has 1 aliphatic rings. The molecule has 6 nitrogen and oxygen atoms in total. The third-order valence-corrected chi connectivity index (χ3v) is 3.74. The molecule has 1 fully saturated rings. The van der Waals surface area contributed by atoms with Gasteiger partial charge in [-0.15, -0.1) is 0 Å². The summed E-state index contributed by atoms with van der Waals surface area (Å²) in [7, 11) is 0. The number of aryl methyl sites for hydroxylation is 1. The molecule has 0 spiro atoms. The van der Waals surface area contributed by atoms with Crippen molar-refractivity contribution in [1.82, 2.24) is 19.9 Å². The van der Waals surface area contributed by atoms with Crippen molar-refractivity contribution in [2.24, 2.45) is 0 Å². The second-order valence-corrected chi connectivity index (χ2v) is 5.39. The first-order chi connectivity index (χ1) is 10.3. The lowest BCUT2D eigenvalue weighted by atomic mass is 10.2. The summed E-state index contributed by atoms with van der Waals surface area (Å²) in [5.74, 6) is 1.73. The Morgan fingerprint density at radius 1 is 1.43 bits per heavy atom. The van der Waals surface area contributed by atoms with E-state index in [-0.39, 0.29) is 0 Å². The highest BCUT2D eigenvalue weighted by Gasteiger charge is 2.17. The van der Waals surface area contributed by atoms with E-state index < -0.39 is 0 Å². The van der Waals surface area contributed by atoms with E-state index in [1.165, 1.54) is 0 Å². The fourth-order valence-electron chi connectivity index (χ4n) is 2.73. The summed E-state index contributed by atoms with van der Waals surface area (Å²) >= 11 is 0. The van der Waals surface area contributed by atoms with Crippen molar-refractivity contribution in [3.8, 4) is 11.5 Å². The van der Waals surface area contributed by atoms with E-state index in [0.717, 1.165) is 48.1 Å². The average molecular weight is 283 g/mol. The Morgan fingerprint density at radius 3 is 3.14 bits per heavy atom. The zero-order valence-corrected chi connectivity index (χ0v) is 11.8. The largest absolute Gasteiger partial charge is 0.463 e. The van der Waals surface area contributed by atoms with Crippen LogP contribution in [0, 0.1) is 6.92 Å². The summed E-state index contributed by atoms with van der Waals surface area (Å²) in [5.41, 5.74) is 2.60. The van der Waals surface area contributed by atoms with Gasteiger partial charge in [0.15, 0.2) is 11.4 Å². The van der Waals surface area contributed by atoms with Gasteiger partial charge in [-0.05, 0) is 32.0 Å². The van der Waals surface area contributed by atoms with Gasteiger partial charge in [0.05, 0.1) is 6.26 Å². The molecule has 0 radical (unpaired) electrons. The summed E-state index contributed by atoms with van der Waals surface area (Å²) in [5, 5.41) is 11.5. The van der Waals surface area contributed by atoms with Crippen molar-refractivity contribution in [1.29, 1.82) is 0 Å². The first-order valence-electron chi connectivity index (χ1n) is 7.18. The van der Waals surface area contributed by atoms with E-state index in [9.17, 15) is 0 Å². The van der Waals surface area contributed by atoms with Gasteiger partial charge in [0, 0.05) is 30.4 Å². The summed E-state index contributed by atoms with van der Waals surface area (Å²) < 4.78 is 7.27. The Balaban J connectivity index is 1.78. The van der Waals surface area contributed by atoms with E-state index in [4.69, 9.17) is 4.42 Å². The number of rotatable bonds is 3. The van der Waals surface area contributed by atoms with Gasteiger partial charge in [0.1, 0.15) is 11.5 Å². The number of nitrogens with zero attached hydrogens (tertiary/aromatic N) is 3. The molecular weight excluding hydrogens is 266 g/mol. The fourth-order valence-corrected chi connectivity index (χ4v) is 2.73. The summed E-state index contributed by atoms with van der Waals surface area (Å²) in [6.07, 6.45) is 2.77. The van der Waals surface area contributed by atoms with Crippen molar-refractivity contribution >= 4 is 11.5 Å². The van der Waals surface area contributed by atoms with Crippen LogP contribution in [0.3, 0.4) is 0 Å². The van der Waals surface area contributed by atoms with Crippen LogP contribution in [0.2, 0.25) is 0 Å². The van der Waals surface area contributed by atoms with Crippen molar-refractivity contribution in [3.05, 3.63) is 36.2 Å². The smallest absolute Gasteiger partial charge is 0.158 e. The number of nitrogens with one attached hydrogen (secondary N) is 2. The number of furan rings is 1. The zero-order chi connectivity index (χ0) is 14.2. The summed E-state index contributed by atoms with van der Waals surface area (Å²) in [6.45, 7) is 4.04. The Morgan fingerprint density at radius 2 is 2.38 bits per heavy atom. The van der Waals surface area contributed by atoms with Crippen LogP contribution in [-0.4, -0.2) is 33.7 Å². The molecule has 0 aromatic carbocycles. The lowest BCUT2D eigenvalue weighted by Crippen LogP contribution is -2.23. The lowest BCUT2D eigenvalue weighted by molar-refractivity contribution is 0.579. The molecule has 0 bridgehead atoms. The van der Waals surface area contributed by atoms with E-state index in [0.29, 0.717) is 6.04 Å². The normalized spacial score (nSPS) is 18.4. The van der Waals surface area contributed by atoms with Gasteiger partial charge in [0.2, 0.25) is 0 Å². The van der Waals surface area contributed by atoms with E-state index in [1.807, 2.05) is 35.7 Å². The number of anilines is 1. The number of aromatic nitrogens is 3. The molecule has 108 valence electrons. The quantitative estimate of drug-likeness (QED) is 0.770. The molecule has 1 atom stereocenters. The van der Waals surface area contributed by atoms with E-state index in [2.05, 4.69) is 20.7 Å². The van der Waals surface area contributed by atoms with E-state index in [1.54, 1.807) is 6.26 Å². The van der Waals surface area contributed by atoms with Crippen LogP contribution < -0.4 is 10.6 Å². The molecular formula is C15H17N5O. The van der Waals surface area contributed by atoms with Crippen molar-refractivity contribution in [3.63, 3.8) is 0 Å². The van der Waals surface area contributed by atoms with E-state index >= 15 is 0 Å². The minimum atomic E-state index is 0.436. The topological polar surface area (TPSA) is 67.4 Å². The molecule has 1 unspecified atom stereocenters. The van der Waals surface area contributed by atoms with Gasteiger partial charge in [-0.2, -0.15) is 9.61 Å². The lowest BCUT2D eigenvalue weighted by Gasteiger charge is -2.14. The van der Waals surface area contributed by atoms with Crippen LogP contribution in [0.15, 0.2) is 34.9 Å². The average Bonchev–Trinajstić information content (AvgIpc) is 3.19. The molecule has 0 saturated carbocycles. The predicted octanol–water partition coefficient (Wildman–Crippen LogP) is 2.07. The molecule has 4 rings (SSSR count). The van der Waals surface area contributed by atoms with Crippen molar-refractivity contribution in [2.45, 2.75) is 19.4 Å². The zero-order valence-electron chi connectivity index (χ0n) is 11.8. The Bertz CT molecular complexity index is 756. The second-order valence-electron chi connectivity index (χ2n) is 5.39. The molecule has 3 aromatic rings. The number of fused-ring (bicyclic) bond motifs is 1. The van der Waals surface area contributed by atoms with Crippen LogP contribution in [0.1, 0.15) is 12.1 Å². The molecule has 4 heterocycles. The molecule has 6 heteroatoms. The SMILES string of the molecule is Cc1cc(NC2CCNC2)n2nc(-c3ccco3)cc2n1. The van der Waals surface area contributed by atoms with Gasteiger partial charge in [-0.3, -0.25) is 0 Å². The fraction of sp³-hybridized carbons (Fsp3) is 0.333. The standard InChI is InChI=1S/C15H17N5O/c1-10-7-14(18-11-4-5-16-9-11)20-15(17-10)8-12(19-20)13-3-2-6-21-13/h2-3,6-8,11,16,18H,4-5,9H2,1H3. The minimum absolute atomic E-state index is 0.436. The summed E-state index contributed by atoms with van der Waals surface area (Å²) in [6, 6.07) is 8.18. The highest BCUT2D eigenvalue weighted by molar-refractivity contribution is 5.61. The maximum Gasteiger partial charge on any atom is 0.158 e. The highest BCUT2D eigenvalue weighted by atomic mass is 16.3. The minimum Gasteiger partial charge on any atom is -0.463 e. The van der Waals surface area contributed by atoms with Gasteiger partial charge < -0.3 is 15.1 Å². The number of hydrogen-bond donors (Lipinski definition) is 2. The first-order valence-corrected chi connectivity index (χ1v) is 7.18. The van der Waals surface area contributed by atoms with Gasteiger partial charge in [-0.1, -0.05) is 0 Å². The monoisotopic (exact) mass is 283 g/mol. The highest BCUT2D eigenvalue weighted by Crippen LogP contribution is 2.22. The van der Waals surface area contributed by atoms with Crippen LogP contribution in [0.4, 0.5) is 5.82 Å². The Kier molecular flexibility index (Phi) is 2.89. The second kappa shape index (κ2) is 4.89. The van der Waals surface area contributed by atoms with Gasteiger partial charge in [-0.25, -0.2) is 4.98 Å². The molecule has 1 aliphatic heterocycles. The van der Waals surface area contributed by atoms with Gasteiger partial charge >= 0.3 is 0 Å². The first kappa shape index (κ1) is 12.4. The third kappa shape index (κ3) is 2.27. The van der Waals surface area contributed by atoms with Gasteiger partial charge in [0.25, 0.3) is 0 Å². The Hall–Kier alpha value is -2.34. The predicted molar refractivity (Wildman–Crippen MR) is 80.3 cm³/mol. The molecule has 0 aliphatic carbocycles. The molecule has 0 amide bonds. The van der Waals surface area contributed by atoms with Crippen LogP contribution >= 0.6 is 0 Å². The number of hydrogen-bond acceptors (Lipinski definition) is 5. The Labute approximate surface area is 122 Å². The molecule has 21 heavy (non-hydrogen) atoms. The van der Waals surface area contributed by atoms with Crippen LogP contribution in [-0.2, 0) is 0 Å². The molecule has 3 aromatic heterocycles. The maximum atomic E-state index is 5.42. The molecule has 2 N–H and O–H groups in total. The maximum absolute atomic E-state index is 5.42. The van der Waals surface area contributed by atoms with Crippen LogP contribution in [0.5, 0.6) is 0 Å². The van der Waals surface area contributed by atoms with Crippen molar-refractivity contribution < 1.29 is 4.42 Å². The van der Waals surface area contributed by atoms with Crippen LogP contribution in [0.25, 0.3) is 17.1 Å². The third-order valence-electron chi connectivity index (χ3n) is 3.74. The molecule has 1 saturated heterocycles. The van der Waals surface area contributed by atoms with Crippen molar-refractivity contribution in [2.75, 3.05) is 18.4 Å². The summed E-state index contributed by atoms with van der Waals surface area (Å²) in [4.78, 5) is 4.54.